The van der Waals surface area contributed by atoms with E-state index in [1.165, 1.54) is 0 Å². The van der Waals surface area contributed by atoms with E-state index in [1.54, 1.807) is 14.2 Å². The second-order valence-corrected chi connectivity index (χ2v) is 4.62. The summed E-state index contributed by atoms with van der Waals surface area (Å²) in [5.41, 5.74) is 8.83. The minimum absolute atomic E-state index is 0.293. The molecule has 0 fully saturated rings. The highest BCUT2D eigenvalue weighted by molar-refractivity contribution is 5.71. The lowest BCUT2D eigenvalue weighted by Crippen LogP contribution is -1.96. The van der Waals surface area contributed by atoms with Crippen LogP contribution in [-0.2, 0) is 0 Å². The average Bonchev–Trinajstić information content (AvgIpc) is 2.79. The lowest BCUT2D eigenvalue weighted by Gasteiger charge is -2.11. The third kappa shape index (κ3) is 2.36. The van der Waals surface area contributed by atoms with Gasteiger partial charge in [0.1, 0.15) is 5.82 Å². The highest BCUT2D eigenvalue weighted by atomic mass is 16.5. The zero-order valence-electron chi connectivity index (χ0n) is 11.7. The summed E-state index contributed by atoms with van der Waals surface area (Å²) in [5, 5.41) is 7.08. The zero-order chi connectivity index (χ0) is 14.0. The number of nitrogens with one attached hydrogen (secondary N) is 1. The Morgan fingerprint density at radius 2 is 1.84 bits per heavy atom. The number of aromatic nitrogens is 2. The first-order valence-corrected chi connectivity index (χ1v) is 6.14. The molecule has 0 radical (unpaired) electrons. The molecule has 0 amide bonds. The molecule has 1 heterocycles. The van der Waals surface area contributed by atoms with Gasteiger partial charge < -0.3 is 15.2 Å². The number of methoxy groups -OCH3 is 2. The van der Waals surface area contributed by atoms with Gasteiger partial charge in [0.15, 0.2) is 11.5 Å². The molecule has 0 spiro atoms. The monoisotopic (exact) mass is 261 g/mol. The molecule has 0 aliphatic carbocycles. The van der Waals surface area contributed by atoms with E-state index in [9.17, 15) is 0 Å². The number of hydrogen-bond acceptors (Lipinski definition) is 4. The predicted molar refractivity (Wildman–Crippen MR) is 75.6 cm³/mol. The van der Waals surface area contributed by atoms with Crippen LogP contribution >= 0.6 is 0 Å². The SMILES string of the molecule is COc1ccc(-c2[nH]nc(N)c2C(C)C)cc1OC. The number of rotatable bonds is 4. The predicted octanol–water partition coefficient (Wildman–Crippen LogP) is 2.80. The average molecular weight is 261 g/mol. The molecule has 2 rings (SSSR count). The molecular formula is C14H19N3O2. The number of anilines is 1. The molecule has 5 heteroatoms. The van der Waals surface area contributed by atoms with Gasteiger partial charge in [-0.1, -0.05) is 13.8 Å². The molecule has 3 N–H and O–H groups in total. The van der Waals surface area contributed by atoms with Crippen LogP contribution in [0.4, 0.5) is 5.82 Å². The lowest BCUT2D eigenvalue weighted by molar-refractivity contribution is 0.355. The number of H-pyrrole nitrogens is 1. The number of nitrogens with two attached hydrogens (primary N) is 1. The van der Waals surface area contributed by atoms with Gasteiger partial charge in [0.05, 0.1) is 19.9 Å². The van der Waals surface area contributed by atoms with Gasteiger partial charge in [0.2, 0.25) is 0 Å². The van der Waals surface area contributed by atoms with E-state index in [0.29, 0.717) is 23.2 Å². The van der Waals surface area contributed by atoms with Crippen molar-refractivity contribution in [3.63, 3.8) is 0 Å². The summed E-state index contributed by atoms with van der Waals surface area (Å²) in [5.74, 6) is 2.22. The van der Waals surface area contributed by atoms with Crippen LogP contribution in [0, 0.1) is 0 Å². The van der Waals surface area contributed by atoms with Crippen molar-refractivity contribution in [3.8, 4) is 22.8 Å². The largest absolute Gasteiger partial charge is 0.493 e. The van der Waals surface area contributed by atoms with Crippen LogP contribution in [0.25, 0.3) is 11.3 Å². The Morgan fingerprint density at radius 3 is 2.42 bits per heavy atom. The van der Waals surface area contributed by atoms with Crippen LogP contribution in [0.1, 0.15) is 25.3 Å². The van der Waals surface area contributed by atoms with Gasteiger partial charge in [-0.15, -0.1) is 0 Å². The second-order valence-electron chi connectivity index (χ2n) is 4.62. The molecule has 1 aromatic heterocycles. The van der Waals surface area contributed by atoms with Crippen molar-refractivity contribution in [2.45, 2.75) is 19.8 Å². The fraction of sp³-hybridized carbons (Fsp3) is 0.357. The number of hydrogen-bond donors (Lipinski definition) is 2. The van der Waals surface area contributed by atoms with E-state index in [2.05, 4.69) is 24.0 Å². The summed E-state index contributed by atoms with van der Waals surface area (Å²) in [6.07, 6.45) is 0. The molecule has 1 aromatic carbocycles. The van der Waals surface area contributed by atoms with Gasteiger partial charge in [-0.05, 0) is 24.1 Å². The fourth-order valence-corrected chi connectivity index (χ4v) is 2.16. The second kappa shape index (κ2) is 5.22. The Bertz CT molecular complexity index is 576. The quantitative estimate of drug-likeness (QED) is 0.887. The summed E-state index contributed by atoms with van der Waals surface area (Å²) in [4.78, 5) is 0. The molecule has 2 aromatic rings. The van der Waals surface area contributed by atoms with Gasteiger partial charge in [-0.25, -0.2) is 0 Å². The Kier molecular flexibility index (Phi) is 3.64. The number of ether oxygens (including phenoxy) is 2. The van der Waals surface area contributed by atoms with E-state index in [1.807, 2.05) is 18.2 Å². The summed E-state index contributed by atoms with van der Waals surface area (Å²) in [6.45, 7) is 4.18. The number of benzene rings is 1. The van der Waals surface area contributed by atoms with Gasteiger partial charge in [0.25, 0.3) is 0 Å². The molecular weight excluding hydrogens is 242 g/mol. The van der Waals surface area contributed by atoms with Crippen molar-refractivity contribution in [3.05, 3.63) is 23.8 Å². The van der Waals surface area contributed by atoms with Gasteiger partial charge in [0, 0.05) is 11.1 Å². The summed E-state index contributed by atoms with van der Waals surface area (Å²) >= 11 is 0. The van der Waals surface area contributed by atoms with Crippen LogP contribution in [0.5, 0.6) is 11.5 Å². The number of nitrogens with zero attached hydrogens (tertiary/aromatic N) is 1. The maximum absolute atomic E-state index is 5.91. The van der Waals surface area contributed by atoms with Gasteiger partial charge in [-0.3, -0.25) is 5.10 Å². The van der Waals surface area contributed by atoms with Crippen molar-refractivity contribution in [1.82, 2.24) is 10.2 Å². The summed E-state index contributed by atoms with van der Waals surface area (Å²) in [7, 11) is 3.23. The van der Waals surface area contributed by atoms with Crippen LogP contribution in [-0.4, -0.2) is 24.4 Å². The minimum Gasteiger partial charge on any atom is -0.493 e. The number of nitrogen functional groups attached to an aromatic ring is 1. The third-order valence-electron chi connectivity index (χ3n) is 3.08. The molecule has 0 unspecified atom stereocenters. The molecule has 0 saturated carbocycles. The van der Waals surface area contributed by atoms with Crippen molar-refractivity contribution in [1.29, 1.82) is 0 Å². The molecule has 0 atom stereocenters. The lowest BCUT2D eigenvalue weighted by atomic mass is 9.98. The van der Waals surface area contributed by atoms with Crippen LogP contribution in [0.15, 0.2) is 18.2 Å². The topological polar surface area (TPSA) is 73.2 Å². The first-order valence-electron chi connectivity index (χ1n) is 6.14. The first kappa shape index (κ1) is 13.3. The van der Waals surface area contributed by atoms with Crippen LogP contribution < -0.4 is 15.2 Å². The zero-order valence-corrected chi connectivity index (χ0v) is 11.7. The maximum Gasteiger partial charge on any atom is 0.161 e. The van der Waals surface area contributed by atoms with Gasteiger partial charge >= 0.3 is 0 Å². The molecule has 5 nitrogen and oxygen atoms in total. The van der Waals surface area contributed by atoms with E-state index < -0.39 is 0 Å². The number of aromatic amines is 1. The molecule has 102 valence electrons. The van der Waals surface area contributed by atoms with Crippen molar-refractivity contribution < 1.29 is 9.47 Å². The molecule has 0 aliphatic heterocycles. The molecule has 0 bridgehead atoms. The smallest absolute Gasteiger partial charge is 0.161 e. The summed E-state index contributed by atoms with van der Waals surface area (Å²) in [6, 6.07) is 5.74. The molecule has 19 heavy (non-hydrogen) atoms. The van der Waals surface area contributed by atoms with Crippen LogP contribution in [0.3, 0.4) is 0 Å². The normalized spacial score (nSPS) is 10.8. The van der Waals surface area contributed by atoms with E-state index in [0.717, 1.165) is 16.8 Å². The Balaban J connectivity index is 2.53. The fourth-order valence-electron chi connectivity index (χ4n) is 2.16. The minimum atomic E-state index is 0.293. The van der Waals surface area contributed by atoms with Crippen molar-refractivity contribution in [2.24, 2.45) is 0 Å². The molecule has 0 aliphatic rings. The first-order chi connectivity index (χ1) is 9.08. The standard InChI is InChI=1S/C14H19N3O2/c1-8(2)12-13(16-17-14(12)15)9-5-6-10(18-3)11(7-9)19-4/h5-8H,1-4H3,(H3,15,16,17). The Labute approximate surface area is 112 Å². The van der Waals surface area contributed by atoms with E-state index >= 15 is 0 Å². The Morgan fingerprint density at radius 1 is 1.16 bits per heavy atom. The summed E-state index contributed by atoms with van der Waals surface area (Å²) < 4.78 is 10.5. The highest BCUT2D eigenvalue weighted by Crippen LogP contribution is 2.36. The van der Waals surface area contributed by atoms with Crippen molar-refractivity contribution >= 4 is 5.82 Å². The molecule has 0 saturated heterocycles. The Hall–Kier alpha value is -2.17. The van der Waals surface area contributed by atoms with E-state index in [4.69, 9.17) is 15.2 Å². The van der Waals surface area contributed by atoms with Crippen molar-refractivity contribution in [2.75, 3.05) is 20.0 Å². The van der Waals surface area contributed by atoms with E-state index in [-0.39, 0.29) is 0 Å². The van der Waals surface area contributed by atoms with Gasteiger partial charge in [-0.2, -0.15) is 5.10 Å². The maximum atomic E-state index is 5.91. The highest BCUT2D eigenvalue weighted by Gasteiger charge is 2.17. The third-order valence-corrected chi connectivity index (χ3v) is 3.08. The van der Waals surface area contributed by atoms with Crippen LogP contribution in [0.2, 0.25) is 0 Å².